The van der Waals surface area contributed by atoms with Crippen LogP contribution in [0.4, 0.5) is 0 Å². The first kappa shape index (κ1) is 12.1. The highest BCUT2D eigenvalue weighted by molar-refractivity contribution is 5.75. The lowest BCUT2D eigenvalue weighted by atomic mass is 10.4. The van der Waals surface area contributed by atoms with Crippen molar-refractivity contribution in [3.8, 4) is 0 Å². The fraction of sp³-hybridized carbons (Fsp3) is 0.625. The van der Waals surface area contributed by atoms with Gasteiger partial charge in [0, 0.05) is 6.54 Å². The first-order valence-electron chi connectivity index (χ1n) is 4.87. The van der Waals surface area contributed by atoms with E-state index in [-0.39, 0.29) is 24.7 Å². The van der Waals surface area contributed by atoms with Gasteiger partial charge >= 0.3 is 5.97 Å². The number of tetrazole rings is 1. The Bertz CT molecular complexity index is 376. The van der Waals surface area contributed by atoms with Crippen LogP contribution in [-0.4, -0.2) is 43.7 Å². The Morgan fingerprint density at radius 2 is 2.25 bits per heavy atom. The van der Waals surface area contributed by atoms with Gasteiger partial charge in [0.15, 0.2) is 5.82 Å². The van der Waals surface area contributed by atoms with Crippen LogP contribution in [-0.2, 0) is 22.6 Å². The van der Waals surface area contributed by atoms with Crippen LogP contribution in [0.1, 0.15) is 19.2 Å². The average Bonchev–Trinajstić information content (AvgIpc) is 2.62. The zero-order valence-corrected chi connectivity index (χ0v) is 8.88. The van der Waals surface area contributed by atoms with E-state index in [4.69, 9.17) is 5.11 Å². The molecule has 0 aromatic carbocycles. The summed E-state index contributed by atoms with van der Waals surface area (Å²) in [6, 6.07) is 0. The van der Waals surface area contributed by atoms with E-state index in [1.54, 1.807) is 0 Å². The molecule has 8 nitrogen and oxygen atoms in total. The molecule has 0 unspecified atom stereocenters. The summed E-state index contributed by atoms with van der Waals surface area (Å²) in [7, 11) is 0. The molecule has 1 aromatic rings. The van der Waals surface area contributed by atoms with E-state index < -0.39 is 5.97 Å². The number of rotatable bonds is 6. The van der Waals surface area contributed by atoms with Crippen LogP contribution in [0.3, 0.4) is 0 Å². The highest BCUT2D eigenvalue weighted by Gasteiger charge is 2.12. The van der Waals surface area contributed by atoms with Crippen LogP contribution < -0.4 is 5.32 Å². The third-order valence-electron chi connectivity index (χ3n) is 1.78. The van der Waals surface area contributed by atoms with Crippen molar-refractivity contribution in [2.45, 2.75) is 26.3 Å². The molecule has 0 bridgehead atoms. The molecule has 0 spiro atoms. The molecule has 1 rings (SSSR count). The summed E-state index contributed by atoms with van der Waals surface area (Å²) >= 11 is 0. The number of amides is 1. The predicted molar refractivity (Wildman–Crippen MR) is 52.5 cm³/mol. The number of carboxylic acids is 1. The van der Waals surface area contributed by atoms with Gasteiger partial charge < -0.3 is 10.4 Å². The second-order valence-electron chi connectivity index (χ2n) is 3.17. The summed E-state index contributed by atoms with van der Waals surface area (Å²) in [6.07, 6.45) is 0.539. The monoisotopic (exact) mass is 227 g/mol. The van der Waals surface area contributed by atoms with E-state index in [2.05, 4.69) is 20.8 Å². The zero-order chi connectivity index (χ0) is 12.0. The fourth-order valence-corrected chi connectivity index (χ4v) is 1.06. The summed E-state index contributed by atoms with van der Waals surface area (Å²) in [5.41, 5.74) is 0. The first-order chi connectivity index (χ1) is 7.63. The van der Waals surface area contributed by atoms with E-state index in [0.29, 0.717) is 6.54 Å². The Labute approximate surface area is 91.6 Å². The second-order valence-corrected chi connectivity index (χ2v) is 3.17. The molecule has 88 valence electrons. The van der Waals surface area contributed by atoms with Gasteiger partial charge in [0.05, 0.1) is 0 Å². The van der Waals surface area contributed by atoms with Crippen LogP contribution in [0.25, 0.3) is 0 Å². The smallest absolute Gasteiger partial charge is 0.311 e. The number of aromatic nitrogens is 4. The lowest BCUT2D eigenvalue weighted by Crippen LogP contribution is -2.29. The molecule has 0 aliphatic carbocycles. The first-order valence-corrected chi connectivity index (χ1v) is 4.87. The van der Waals surface area contributed by atoms with Crippen molar-refractivity contribution >= 4 is 11.9 Å². The maximum atomic E-state index is 11.3. The quantitative estimate of drug-likeness (QED) is 0.633. The molecule has 0 saturated heterocycles. The number of carbonyl (C=O) groups is 2. The molecule has 8 heteroatoms. The van der Waals surface area contributed by atoms with Crippen LogP contribution >= 0.6 is 0 Å². The van der Waals surface area contributed by atoms with Crippen LogP contribution in [0.2, 0.25) is 0 Å². The molecule has 0 saturated carbocycles. The van der Waals surface area contributed by atoms with Crippen LogP contribution in [0.15, 0.2) is 0 Å². The molecule has 0 radical (unpaired) electrons. The lowest BCUT2D eigenvalue weighted by Gasteiger charge is -2.04. The fourth-order valence-electron chi connectivity index (χ4n) is 1.06. The van der Waals surface area contributed by atoms with Crippen molar-refractivity contribution in [3.63, 3.8) is 0 Å². The summed E-state index contributed by atoms with van der Waals surface area (Å²) < 4.78 is 1.18. The Balaban J connectivity index is 2.56. The Hall–Kier alpha value is -1.99. The van der Waals surface area contributed by atoms with Gasteiger partial charge in [-0.05, 0) is 16.8 Å². The minimum atomic E-state index is -1.04. The third-order valence-corrected chi connectivity index (χ3v) is 1.78. The largest absolute Gasteiger partial charge is 0.481 e. The van der Waals surface area contributed by atoms with Gasteiger partial charge in [-0.25, -0.2) is 4.68 Å². The van der Waals surface area contributed by atoms with E-state index >= 15 is 0 Å². The van der Waals surface area contributed by atoms with E-state index in [0.717, 1.165) is 6.42 Å². The average molecular weight is 227 g/mol. The highest BCUT2D eigenvalue weighted by Crippen LogP contribution is 1.93. The lowest BCUT2D eigenvalue weighted by molar-refractivity contribution is -0.136. The minimum Gasteiger partial charge on any atom is -0.481 e. The number of carbonyl (C=O) groups excluding carboxylic acids is 1. The molecular formula is C8H13N5O3. The van der Waals surface area contributed by atoms with Crippen molar-refractivity contribution in [3.05, 3.63) is 5.82 Å². The molecule has 1 heterocycles. The maximum Gasteiger partial charge on any atom is 0.311 e. The van der Waals surface area contributed by atoms with Crippen molar-refractivity contribution in [1.82, 2.24) is 25.5 Å². The molecule has 1 amide bonds. The van der Waals surface area contributed by atoms with Crippen LogP contribution in [0, 0.1) is 0 Å². The summed E-state index contributed by atoms with van der Waals surface area (Å²) in [6.45, 7) is 2.46. The van der Waals surface area contributed by atoms with Gasteiger partial charge in [0.2, 0.25) is 5.91 Å². The molecule has 1 aromatic heterocycles. The summed E-state index contributed by atoms with van der Waals surface area (Å²) in [5.74, 6) is -1.11. The Morgan fingerprint density at radius 3 is 2.88 bits per heavy atom. The third kappa shape index (κ3) is 3.64. The molecule has 0 atom stereocenters. The number of nitrogens with one attached hydrogen (secondary N) is 1. The van der Waals surface area contributed by atoms with E-state index in [9.17, 15) is 9.59 Å². The Morgan fingerprint density at radius 1 is 1.50 bits per heavy atom. The number of hydrogen-bond donors (Lipinski definition) is 2. The number of aliphatic carboxylic acids is 1. The van der Waals surface area contributed by atoms with E-state index in [1.807, 2.05) is 6.92 Å². The molecule has 0 aliphatic heterocycles. The topological polar surface area (TPSA) is 110 Å². The van der Waals surface area contributed by atoms with Gasteiger partial charge in [0.25, 0.3) is 0 Å². The molecule has 16 heavy (non-hydrogen) atoms. The standard InChI is InChI=1S/C8H13N5O3/c1-2-3-9-7(14)5-13-6(4-8(15)16)10-11-12-13/h2-5H2,1H3,(H,9,14)(H,15,16). The second kappa shape index (κ2) is 5.79. The Kier molecular flexibility index (Phi) is 4.37. The maximum absolute atomic E-state index is 11.3. The zero-order valence-electron chi connectivity index (χ0n) is 8.88. The number of carboxylic acid groups (broad SMARTS) is 1. The van der Waals surface area contributed by atoms with Gasteiger partial charge in [-0.2, -0.15) is 0 Å². The molecule has 0 fully saturated rings. The molecular weight excluding hydrogens is 214 g/mol. The van der Waals surface area contributed by atoms with Crippen molar-refractivity contribution in [1.29, 1.82) is 0 Å². The van der Waals surface area contributed by atoms with Crippen LogP contribution in [0.5, 0.6) is 0 Å². The molecule has 0 aliphatic rings. The van der Waals surface area contributed by atoms with Gasteiger partial charge in [-0.15, -0.1) is 5.10 Å². The van der Waals surface area contributed by atoms with E-state index in [1.165, 1.54) is 4.68 Å². The normalized spacial score (nSPS) is 10.1. The van der Waals surface area contributed by atoms with Crippen molar-refractivity contribution in [2.24, 2.45) is 0 Å². The summed E-state index contributed by atoms with van der Waals surface area (Å²) in [4.78, 5) is 21.8. The van der Waals surface area contributed by atoms with Crippen molar-refractivity contribution < 1.29 is 14.7 Å². The minimum absolute atomic E-state index is 0.0599. The highest BCUT2D eigenvalue weighted by atomic mass is 16.4. The molecule has 2 N–H and O–H groups in total. The SMILES string of the molecule is CCCNC(=O)Cn1nnnc1CC(=O)O. The van der Waals surface area contributed by atoms with Gasteiger partial charge in [-0.1, -0.05) is 6.92 Å². The predicted octanol–water partition coefficient (Wildman–Crippen LogP) is -1.17. The van der Waals surface area contributed by atoms with Gasteiger partial charge in [0.1, 0.15) is 13.0 Å². The number of nitrogens with zero attached hydrogens (tertiary/aromatic N) is 4. The van der Waals surface area contributed by atoms with Crippen molar-refractivity contribution in [2.75, 3.05) is 6.54 Å². The number of hydrogen-bond acceptors (Lipinski definition) is 5. The van der Waals surface area contributed by atoms with Gasteiger partial charge in [-0.3, -0.25) is 9.59 Å². The summed E-state index contributed by atoms with van der Waals surface area (Å²) in [5, 5.41) is 21.6.